The molecule has 1 unspecified atom stereocenters. The van der Waals surface area contributed by atoms with E-state index in [1.54, 1.807) is 20.0 Å². The van der Waals surface area contributed by atoms with Gasteiger partial charge in [0.2, 0.25) is 0 Å². The average molecular weight is 408 g/mol. The number of ether oxygens (including phenoxy) is 1. The lowest BCUT2D eigenvalue weighted by atomic mass is 9.97. The fourth-order valence-corrected chi connectivity index (χ4v) is 3.28. The second-order valence-corrected chi connectivity index (χ2v) is 6.85. The second kappa shape index (κ2) is 8.21. The van der Waals surface area contributed by atoms with E-state index in [2.05, 4.69) is 10.3 Å². The number of amides is 1. The molecule has 0 radical (unpaired) electrons. The first-order chi connectivity index (χ1) is 14.3. The number of aromatic nitrogens is 1. The molecule has 2 heterocycles. The van der Waals surface area contributed by atoms with Gasteiger partial charge in [-0.05, 0) is 25.1 Å². The molecule has 1 aliphatic rings. The number of nitriles is 1. The molecule has 0 saturated heterocycles. The molecule has 1 aromatic heterocycles. The predicted molar refractivity (Wildman–Crippen MR) is 110 cm³/mol. The summed E-state index contributed by atoms with van der Waals surface area (Å²) in [7, 11) is 3.10. The Morgan fingerprint density at radius 3 is 2.87 bits per heavy atom. The summed E-state index contributed by atoms with van der Waals surface area (Å²) < 4.78 is 19.8. The molecule has 0 saturated carbocycles. The molecule has 2 aromatic rings. The van der Waals surface area contributed by atoms with Gasteiger partial charge in [0, 0.05) is 43.1 Å². The highest BCUT2D eigenvalue weighted by atomic mass is 19.1. The quantitative estimate of drug-likeness (QED) is 0.622. The zero-order valence-corrected chi connectivity index (χ0v) is 16.8. The highest BCUT2D eigenvalue weighted by molar-refractivity contribution is 6.25. The molecule has 1 aromatic carbocycles. The summed E-state index contributed by atoms with van der Waals surface area (Å²) >= 11 is 0. The number of fused-ring (bicyclic) bond motifs is 3. The van der Waals surface area contributed by atoms with Crippen molar-refractivity contribution in [3.05, 3.63) is 58.7 Å². The number of nitrogens with two attached hydrogens (primary N) is 1. The van der Waals surface area contributed by atoms with Crippen LogP contribution in [0.3, 0.4) is 0 Å². The molecule has 9 heteroatoms. The van der Waals surface area contributed by atoms with Gasteiger partial charge in [0.25, 0.3) is 5.91 Å². The zero-order chi connectivity index (χ0) is 22.0. The summed E-state index contributed by atoms with van der Waals surface area (Å²) in [5, 5.41) is 20.9. The van der Waals surface area contributed by atoms with Crippen LogP contribution in [0.15, 0.2) is 36.2 Å². The third-order valence-corrected chi connectivity index (χ3v) is 4.81. The van der Waals surface area contributed by atoms with E-state index in [-0.39, 0.29) is 35.1 Å². The number of nitrogen functional groups attached to an aromatic ring is 1. The first-order valence-electron chi connectivity index (χ1n) is 9.14. The Morgan fingerprint density at radius 1 is 1.47 bits per heavy atom. The highest BCUT2D eigenvalue weighted by Gasteiger charge is 2.25. The summed E-state index contributed by atoms with van der Waals surface area (Å²) in [6.07, 6.45) is 0.789. The number of rotatable bonds is 1. The van der Waals surface area contributed by atoms with Crippen LogP contribution in [-0.4, -0.2) is 42.1 Å². The number of anilines is 1. The maximum absolute atomic E-state index is 13.9. The van der Waals surface area contributed by atoms with Gasteiger partial charge in [0.1, 0.15) is 35.3 Å². The molecule has 1 amide bonds. The zero-order valence-electron chi connectivity index (χ0n) is 16.8. The number of nitrogens with zero attached hydrogens (tertiary/aromatic N) is 3. The Balaban J connectivity index is 2.27. The molecule has 8 nitrogen and oxygen atoms in total. The number of carbonyl (C=O) groups is 1. The largest absolute Gasteiger partial charge is 0.485 e. The Labute approximate surface area is 173 Å². The van der Waals surface area contributed by atoms with Gasteiger partial charge in [-0.15, -0.1) is 0 Å². The van der Waals surface area contributed by atoms with Gasteiger partial charge in [-0.1, -0.05) is 0 Å². The van der Waals surface area contributed by atoms with E-state index in [0.717, 1.165) is 6.07 Å². The first-order valence-corrected chi connectivity index (χ1v) is 9.14. The fraction of sp³-hybridized carbons (Fsp3) is 0.238. The van der Waals surface area contributed by atoms with Crippen LogP contribution in [0.4, 0.5) is 10.2 Å². The highest BCUT2D eigenvalue weighted by Crippen LogP contribution is 2.32. The maximum Gasteiger partial charge on any atom is 0.257 e. The van der Waals surface area contributed by atoms with Crippen molar-refractivity contribution < 1.29 is 13.9 Å². The van der Waals surface area contributed by atoms with Crippen molar-refractivity contribution in [3.63, 3.8) is 0 Å². The Morgan fingerprint density at radius 2 is 2.20 bits per heavy atom. The molecular weight excluding hydrogens is 387 g/mol. The van der Waals surface area contributed by atoms with Gasteiger partial charge in [-0.3, -0.25) is 4.79 Å². The first kappa shape index (κ1) is 20.8. The Hall–Kier alpha value is -3.93. The van der Waals surface area contributed by atoms with Crippen LogP contribution < -0.4 is 15.8 Å². The minimum atomic E-state index is -0.675. The average Bonchev–Trinajstić information content (AvgIpc) is 2.71. The number of hydrogen-bond donors (Lipinski definition) is 3. The topological polar surface area (TPSA) is 128 Å². The van der Waals surface area contributed by atoms with Crippen molar-refractivity contribution in [2.24, 2.45) is 0 Å². The van der Waals surface area contributed by atoms with Gasteiger partial charge in [0.15, 0.2) is 0 Å². The monoisotopic (exact) mass is 408 g/mol. The molecule has 154 valence electrons. The van der Waals surface area contributed by atoms with E-state index in [1.807, 2.05) is 6.07 Å². The van der Waals surface area contributed by atoms with Crippen molar-refractivity contribution in [1.82, 2.24) is 15.2 Å². The van der Waals surface area contributed by atoms with Crippen LogP contribution in [0.1, 0.15) is 34.5 Å². The van der Waals surface area contributed by atoms with Crippen molar-refractivity contribution in [2.45, 2.75) is 13.0 Å². The van der Waals surface area contributed by atoms with Crippen LogP contribution in [0, 0.1) is 22.6 Å². The van der Waals surface area contributed by atoms with Crippen LogP contribution >= 0.6 is 0 Å². The SMILES string of the molecule is CN/C(C#N)=C1\C(=N)CN(C)C(=O)c2ccc(F)cc2OC(C)c2cc1cnc2N. The number of pyridine rings is 1. The molecule has 0 fully saturated rings. The number of allylic oxidation sites excluding steroid dienone is 1. The van der Waals surface area contributed by atoms with Crippen molar-refractivity contribution in [2.75, 3.05) is 26.4 Å². The minimum Gasteiger partial charge on any atom is -0.485 e. The van der Waals surface area contributed by atoms with E-state index in [9.17, 15) is 14.4 Å². The fourth-order valence-electron chi connectivity index (χ4n) is 3.28. The molecule has 1 atom stereocenters. The van der Waals surface area contributed by atoms with Crippen molar-refractivity contribution >= 4 is 23.0 Å². The van der Waals surface area contributed by atoms with Crippen LogP contribution in [-0.2, 0) is 0 Å². The number of carbonyl (C=O) groups excluding carboxylic acids is 1. The lowest BCUT2D eigenvalue weighted by Crippen LogP contribution is -2.33. The van der Waals surface area contributed by atoms with E-state index >= 15 is 0 Å². The van der Waals surface area contributed by atoms with Gasteiger partial charge in [-0.25, -0.2) is 9.37 Å². The van der Waals surface area contributed by atoms with Crippen LogP contribution in [0.2, 0.25) is 0 Å². The second-order valence-electron chi connectivity index (χ2n) is 6.85. The molecular formula is C21H21FN6O2. The Kier molecular flexibility index (Phi) is 5.69. The number of halogens is 1. The molecule has 2 bridgehead atoms. The summed E-state index contributed by atoms with van der Waals surface area (Å²) in [6.45, 7) is 1.61. The minimum absolute atomic E-state index is 0.0343. The molecule has 0 spiro atoms. The van der Waals surface area contributed by atoms with Gasteiger partial charge in [-0.2, -0.15) is 5.26 Å². The Bertz CT molecular complexity index is 1110. The maximum atomic E-state index is 13.9. The number of benzene rings is 1. The van der Waals surface area contributed by atoms with E-state index in [4.69, 9.17) is 15.9 Å². The predicted octanol–water partition coefficient (Wildman–Crippen LogP) is 2.50. The van der Waals surface area contributed by atoms with E-state index < -0.39 is 17.8 Å². The molecule has 4 N–H and O–H groups in total. The molecule has 1 aliphatic heterocycles. The van der Waals surface area contributed by atoms with Crippen LogP contribution in [0.5, 0.6) is 5.75 Å². The number of nitrogens with one attached hydrogen (secondary N) is 2. The summed E-state index contributed by atoms with van der Waals surface area (Å²) in [4.78, 5) is 18.5. The summed E-state index contributed by atoms with van der Waals surface area (Å²) in [5.41, 5.74) is 7.65. The van der Waals surface area contributed by atoms with Crippen molar-refractivity contribution in [3.8, 4) is 11.8 Å². The number of hydrogen-bond acceptors (Lipinski definition) is 7. The van der Waals surface area contributed by atoms with E-state index in [1.165, 1.54) is 30.3 Å². The van der Waals surface area contributed by atoms with E-state index in [0.29, 0.717) is 16.7 Å². The normalized spacial score (nSPS) is 18.4. The van der Waals surface area contributed by atoms with Gasteiger partial charge in [0.05, 0.1) is 17.8 Å². The lowest BCUT2D eigenvalue weighted by Gasteiger charge is -2.25. The van der Waals surface area contributed by atoms with Gasteiger partial charge < -0.3 is 26.1 Å². The summed E-state index contributed by atoms with van der Waals surface area (Å²) in [5.74, 6) is -0.730. The van der Waals surface area contributed by atoms with Crippen LogP contribution in [0.25, 0.3) is 5.57 Å². The molecule has 3 rings (SSSR count). The standard InChI is InChI=1S/C21H21FN6O2/c1-11-15-6-12(9-27-20(15)25)19(17(8-23)26-2)16(24)10-28(3)21(29)14-5-4-13(22)7-18(14)30-11/h4-7,9,11,24,26H,10H2,1-3H3,(H2,25,27)/b19-17-,24-16?. The molecule has 30 heavy (non-hydrogen) atoms. The van der Waals surface area contributed by atoms with Crippen molar-refractivity contribution in [1.29, 1.82) is 10.7 Å². The van der Waals surface area contributed by atoms with Gasteiger partial charge >= 0.3 is 0 Å². The lowest BCUT2D eigenvalue weighted by molar-refractivity contribution is 0.0807. The molecule has 0 aliphatic carbocycles. The smallest absolute Gasteiger partial charge is 0.257 e. The third kappa shape index (κ3) is 3.80. The summed E-state index contributed by atoms with van der Waals surface area (Å²) in [6, 6.07) is 7.38. The third-order valence-electron chi connectivity index (χ3n) is 4.81.